The summed E-state index contributed by atoms with van der Waals surface area (Å²) < 4.78 is 4.69. The maximum atomic E-state index is 10.3. The summed E-state index contributed by atoms with van der Waals surface area (Å²) in [5, 5.41) is 14.9. The molecule has 0 amide bonds. The maximum Gasteiger partial charge on any atom is 0.179 e. The zero-order valence-electron chi connectivity index (χ0n) is 12.1. The molecule has 6 heteroatoms. The summed E-state index contributed by atoms with van der Waals surface area (Å²) in [5.41, 5.74) is 3.13. The first-order valence-electron chi connectivity index (χ1n) is 7.47. The molecular formula is C14H22N4OS. The number of nitrogens with one attached hydrogen (secondary N) is 1. The average molecular weight is 294 g/mol. The molecule has 2 aromatic rings. The third kappa shape index (κ3) is 2.11. The highest BCUT2D eigenvalue weighted by Crippen LogP contribution is 2.32. The van der Waals surface area contributed by atoms with Crippen LogP contribution in [0.5, 0.6) is 0 Å². The van der Waals surface area contributed by atoms with E-state index in [1.165, 1.54) is 0 Å². The molecule has 3 rings (SSSR count). The van der Waals surface area contributed by atoms with Gasteiger partial charge in [-0.1, -0.05) is 26.2 Å². The molecule has 2 atom stereocenters. The summed E-state index contributed by atoms with van der Waals surface area (Å²) in [7, 11) is 1.95. The minimum atomic E-state index is -0.307. The van der Waals surface area contributed by atoms with Crippen molar-refractivity contribution >= 4 is 23.4 Å². The number of hydrogen-bond acceptors (Lipinski definition) is 3. The number of hydrogen-bond donors (Lipinski definition) is 2. The van der Waals surface area contributed by atoms with Gasteiger partial charge < -0.3 is 10.1 Å². The lowest BCUT2D eigenvalue weighted by molar-refractivity contribution is 0.0762. The van der Waals surface area contributed by atoms with Crippen molar-refractivity contribution in [2.45, 2.75) is 57.6 Å². The third-order valence-corrected chi connectivity index (χ3v) is 4.58. The van der Waals surface area contributed by atoms with Gasteiger partial charge in [-0.05, 0) is 31.5 Å². The Kier molecular flexibility index (Phi) is 3.69. The van der Waals surface area contributed by atoms with Crippen molar-refractivity contribution in [3.8, 4) is 0 Å². The monoisotopic (exact) mass is 294 g/mol. The van der Waals surface area contributed by atoms with Gasteiger partial charge in [-0.15, -0.1) is 0 Å². The molecule has 5 nitrogen and oxygen atoms in total. The molecule has 2 aromatic heterocycles. The lowest BCUT2D eigenvalue weighted by Gasteiger charge is -2.29. The summed E-state index contributed by atoms with van der Waals surface area (Å²) in [6.07, 6.45) is 5.79. The lowest BCUT2D eigenvalue weighted by atomic mass is 9.92. The first kappa shape index (κ1) is 13.8. The van der Waals surface area contributed by atoms with Gasteiger partial charge in [0.25, 0.3) is 0 Å². The zero-order valence-corrected chi connectivity index (χ0v) is 12.9. The van der Waals surface area contributed by atoms with Crippen LogP contribution in [0.25, 0.3) is 11.2 Å². The van der Waals surface area contributed by atoms with Crippen LogP contribution in [0.2, 0.25) is 0 Å². The number of imidazole rings is 1. The number of fused-ring (bicyclic) bond motifs is 1. The van der Waals surface area contributed by atoms with Gasteiger partial charge in [-0.25, -0.2) is 0 Å². The van der Waals surface area contributed by atoms with Crippen LogP contribution in [0, 0.1) is 4.77 Å². The molecule has 1 fully saturated rings. The van der Waals surface area contributed by atoms with Crippen LogP contribution in [0.15, 0.2) is 0 Å². The van der Waals surface area contributed by atoms with E-state index < -0.39 is 0 Å². The number of aliphatic hydroxyl groups is 1. The summed E-state index contributed by atoms with van der Waals surface area (Å²) in [5.74, 6) is 0. The standard InChI is InChI=1S/C14H22N4OS/c1-3-6-9-12-13(17(2)16-9)18(14(20)15-12)10-7-4-5-8-11(10)19/h10-11,19H,3-8H2,1-2H3,(H,15,20). The molecule has 0 bridgehead atoms. The number of aromatic nitrogens is 4. The van der Waals surface area contributed by atoms with Gasteiger partial charge in [0.05, 0.1) is 17.8 Å². The molecule has 1 aliphatic carbocycles. The van der Waals surface area contributed by atoms with E-state index in [1.54, 1.807) is 0 Å². The SMILES string of the molecule is CCCc1nn(C)c2c1[nH]c(=S)n2C1CCCCC1O. The number of nitrogens with zero attached hydrogens (tertiary/aromatic N) is 3. The number of aromatic amines is 1. The molecular weight excluding hydrogens is 272 g/mol. The summed E-state index contributed by atoms with van der Waals surface area (Å²) in [6, 6.07) is 0.0786. The van der Waals surface area contributed by atoms with Crippen LogP contribution in [0.1, 0.15) is 50.8 Å². The van der Waals surface area contributed by atoms with E-state index in [-0.39, 0.29) is 12.1 Å². The fourth-order valence-corrected chi connectivity index (χ4v) is 3.67. The van der Waals surface area contributed by atoms with Crippen LogP contribution in [0.3, 0.4) is 0 Å². The summed E-state index contributed by atoms with van der Waals surface area (Å²) in [4.78, 5) is 3.30. The topological polar surface area (TPSA) is 58.8 Å². The molecule has 20 heavy (non-hydrogen) atoms. The van der Waals surface area contributed by atoms with E-state index in [9.17, 15) is 5.11 Å². The molecule has 0 spiro atoms. The van der Waals surface area contributed by atoms with Gasteiger partial charge in [0.15, 0.2) is 10.4 Å². The number of aryl methyl sites for hydroxylation is 2. The van der Waals surface area contributed by atoms with Crippen molar-refractivity contribution in [3.63, 3.8) is 0 Å². The Morgan fingerprint density at radius 3 is 2.85 bits per heavy atom. The van der Waals surface area contributed by atoms with Crippen molar-refractivity contribution in [2.24, 2.45) is 7.05 Å². The van der Waals surface area contributed by atoms with Gasteiger partial charge in [-0.3, -0.25) is 9.25 Å². The number of rotatable bonds is 3. The quantitative estimate of drug-likeness (QED) is 0.856. The van der Waals surface area contributed by atoms with Crippen molar-refractivity contribution < 1.29 is 5.11 Å². The summed E-state index contributed by atoms with van der Waals surface area (Å²) in [6.45, 7) is 2.15. The van der Waals surface area contributed by atoms with Gasteiger partial charge >= 0.3 is 0 Å². The molecule has 110 valence electrons. The second-order valence-corrected chi connectivity index (χ2v) is 6.12. The van der Waals surface area contributed by atoms with Crippen LogP contribution in [0.4, 0.5) is 0 Å². The Balaban J connectivity index is 2.15. The predicted molar refractivity (Wildman–Crippen MR) is 81.4 cm³/mol. The highest BCUT2D eigenvalue weighted by molar-refractivity contribution is 7.71. The average Bonchev–Trinajstić information content (AvgIpc) is 2.89. The Morgan fingerprint density at radius 1 is 1.40 bits per heavy atom. The Morgan fingerprint density at radius 2 is 2.15 bits per heavy atom. The Hall–Kier alpha value is -1.14. The predicted octanol–water partition coefficient (Wildman–Crippen LogP) is 2.86. The van der Waals surface area contributed by atoms with Crippen LogP contribution in [-0.2, 0) is 13.5 Å². The molecule has 2 heterocycles. The molecule has 0 aromatic carbocycles. The van der Waals surface area contributed by atoms with Crippen molar-refractivity contribution in [1.82, 2.24) is 19.3 Å². The van der Waals surface area contributed by atoms with Gasteiger partial charge in [0.2, 0.25) is 0 Å². The second-order valence-electron chi connectivity index (χ2n) is 5.74. The van der Waals surface area contributed by atoms with Gasteiger partial charge in [0, 0.05) is 7.05 Å². The van der Waals surface area contributed by atoms with Crippen LogP contribution < -0.4 is 0 Å². The minimum Gasteiger partial charge on any atom is -0.391 e. The Bertz CT molecular complexity index is 669. The highest BCUT2D eigenvalue weighted by atomic mass is 32.1. The van der Waals surface area contributed by atoms with Crippen molar-refractivity contribution in [3.05, 3.63) is 10.5 Å². The van der Waals surface area contributed by atoms with Crippen molar-refractivity contribution in [2.75, 3.05) is 0 Å². The zero-order chi connectivity index (χ0) is 14.3. The van der Waals surface area contributed by atoms with E-state index in [4.69, 9.17) is 12.2 Å². The summed E-state index contributed by atoms with van der Waals surface area (Å²) >= 11 is 5.50. The Labute approximate surface area is 123 Å². The smallest absolute Gasteiger partial charge is 0.179 e. The lowest BCUT2D eigenvalue weighted by Crippen LogP contribution is -2.28. The number of aliphatic hydroxyl groups excluding tert-OH is 1. The largest absolute Gasteiger partial charge is 0.391 e. The van der Waals surface area contributed by atoms with Gasteiger partial charge in [0.1, 0.15) is 5.52 Å². The molecule has 0 saturated heterocycles. The van der Waals surface area contributed by atoms with E-state index in [2.05, 4.69) is 21.6 Å². The molecule has 1 saturated carbocycles. The second kappa shape index (κ2) is 5.33. The first-order chi connectivity index (χ1) is 9.63. The highest BCUT2D eigenvalue weighted by Gasteiger charge is 2.28. The third-order valence-electron chi connectivity index (χ3n) is 4.28. The van der Waals surface area contributed by atoms with Crippen LogP contribution >= 0.6 is 12.2 Å². The maximum absolute atomic E-state index is 10.3. The molecule has 0 aliphatic heterocycles. The molecule has 0 radical (unpaired) electrons. The van der Waals surface area contributed by atoms with Gasteiger partial charge in [-0.2, -0.15) is 5.10 Å². The normalized spacial score (nSPS) is 23.6. The molecule has 2 unspecified atom stereocenters. The van der Waals surface area contributed by atoms with E-state index in [0.717, 1.165) is 55.4 Å². The molecule has 2 N–H and O–H groups in total. The van der Waals surface area contributed by atoms with Crippen LogP contribution in [-0.4, -0.2) is 30.5 Å². The van der Waals surface area contributed by atoms with E-state index in [1.807, 2.05) is 11.7 Å². The van der Waals surface area contributed by atoms with Crippen molar-refractivity contribution in [1.29, 1.82) is 0 Å². The fraction of sp³-hybridized carbons (Fsp3) is 0.714. The first-order valence-corrected chi connectivity index (χ1v) is 7.88. The molecule has 1 aliphatic rings. The number of H-pyrrole nitrogens is 1. The van der Waals surface area contributed by atoms with E-state index >= 15 is 0 Å². The fourth-order valence-electron chi connectivity index (χ4n) is 3.35. The minimum absolute atomic E-state index is 0.0786. The van der Waals surface area contributed by atoms with E-state index in [0.29, 0.717) is 4.77 Å².